The summed E-state index contributed by atoms with van der Waals surface area (Å²) < 4.78 is 0. The molecule has 1 saturated carbocycles. The first-order valence-corrected chi connectivity index (χ1v) is 7.29. The third-order valence-electron chi connectivity index (χ3n) is 3.92. The standard InChI is InChI=1S/C14H22ClN3/c1-4-12-17-13(15)9(2)14(18-12)16-10(3)11-7-5-6-8-11/h10-11H,4-8H2,1-3H3,(H,16,17,18). The lowest BCUT2D eigenvalue weighted by molar-refractivity contribution is 0.480. The molecule has 1 fully saturated rings. The highest BCUT2D eigenvalue weighted by molar-refractivity contribution is 6.30. The highest BCUT2D eigenvalue weighted by Crippen LogP contribution is 2.30. The van der Waals surface area contributed by atoms with Crippen LogP contribution in [-0.2, 0) is 6.42 Å². The van der Waals surface area contributed by atoms with Gasteiger partial charge in [-0.05, 0) is 32.6 Å². The second-order valence-electron chi connectivity index (χ2n) is 5.24. The molecule has 18 heavy (non-hydrogen) atoms. The van der Waals surface area contributed by atoms with E-state index in [2.05, 4.69) is 22.2 Å². The van der Waals surface area contributed by atoms with E-state index in [0.29, 0.717) is 11.2 Å². The van der Waals surface area contributed by atoms with Gasteiger partial charge in [-0.25, -0.2) is 9.97 Å². The summed E-state index contributed by atoms with van der Waals surface area (Å²) in [6, 6.07) is 0.460. The molecule has 1 aliphatic rings. The van der Waals surface area contributed by atoms with E-state index in [0.717, 1.165) is 29.5 Å². The summed E-state index contributed by atoms with van der Waals surface area (Å²) in [5.41, 5.74) is 0.957. The Morgan fingerprint density at radius 1 is 1.33 bits per heavy atom. The first kappa shape index (κ1) is 13.6. The minimum Gasteiger partial charge on any atom is -0.367 e. The van der Waals surface area contributed by atoms with Crippen LogP contribution in [0.3, 0.4) is 0 Å². The quantitative estimate of drug-likeness (QED) is 0.838. The van der Waals surface area contributed by atoms with Crippen LogP contribution in [0.2, 0.25) is 5.15 Å². The SMILES string of the molecule is CCc1nc(Cl)c(C)c(NC(C)C2CCCC2)n1. The van der Waals surface area contributed by atoms with Gasteiger partial charge in [0.15, 0.2) is 0 Å². The van der Waals surface area contributed by atoms with E-state index in [-0.39, 0.29) is 0 Å². The lowest BCUT2D eigenvalue weighted by Crippen LogP contribution is -2.25. The number of nitrogens with one attached hydrogen (secondary N) is 1. The van der Waals surface area contributed by atoms with Crippen molar-refractivity contribution in [2.24, 2.45) is 5.92 Å². The Morgan fingerprint density at radius 3 is 2.61 bits per heavy atom. The molecule has 1 heterocycles. The van der Waals surface area contributed by atoms with Gasteiger partial charge in [0.05, 0.1) is 0 Å². The zero-order chi connectivity index (χ0) is 13.1. The van der Waals surface area contributed by atoms with Gasteiger partial charge >= 0.3 is 0 Å². The first-order valence-electron chi connectivity index (χ1n) is 6.91. The summed E-state index contributed by atoms with van der Waals surface area (Å²) in [7, 11) is 0. The van der Waals surface area contributed by atoms with Gasteiger partial charge in [-0.2, -0.15) is 0 Å². The maximum absolute atomic E-state index is 6.15. The lowest BCUT2D eigenvalue weighted by atomic mass is 10.00. The number of halogens is 1. The molecule has 1 unspecified atom stereocenters. The molecule has 0 bridgehead atoms. The van der Waals surface area contributed by atoms with Crippen molar-refractivity contribution in [1.82, 2.24) is 9.97 Å². The molecule has 2 rings (SSSR count). The van der Waals surface area contributed by atoms with Crippen molar-refractivity contribution in [3.8, 4) is 0 Å². The summed E-state index contributed by atoms with van der Waals surface area (Å²) in [5, 5.41) is 4.10. The van der Waals surface area contributed by atoms with E-state index in [4.69, 9.17) is 11.6 Å². The zero-order valence-electron chi connectivity index (χ0n) is 11.5. The second-order valence-corrected chi connectivity index (χ2v) is 5.59. The second kappa shape index (κ2) is 5.87. The topological polar surface area (TPSA) is 37.8 Å². The van der Waals surface area contributed by atoms with Crippen LogP contribution in [0.25, 0.3) is 0 Å². The van der Waals surface area contributed by atoms with Gasteiger partial charge < -0.3 is 5.32 Å². The molecular formula is C14H22ClN3. The van der Waals surface area contributed by atoms with Crippen LogP contribution in [0.5, 0.6) is 0 Å². The molecule has 0 radical (unpaired) electrons. The average molecular weight is 268 g/mol. The van der Waals surface area contributed by atoms with Crippen LogP contribution in [0, 0.1) is 12.8 Å². The van der Waals surface area contributed by atoms with Gasteiger partial charge in [-0.1, -0.05) is 31.4 Å². The molecule has 0 spiro atoms. The highest BCUT2D eigenvalue weighted by atomic mass is 35.5. The number of rotatable bonds is 4. The summed E-state index contributed by atoms with van der Waals surface area (Å²) in [5.74, 6) is 2.49. The molecule has 1 N–H and O–H groups in total. The van der Waals surface area contributed by atoms with Gasteiger partial charge in [0, 0.05) is 18.0 Å². The van der Waals surface area contributed by atoms with E-state index in [1.807, 2.05) is 13.8 Å². The van der Waals surface area contributed by atoms with Crippen LogP contribution < -0.4 is 5.32 Å². The summed E-state index contributed by atoms with van der Waals surface area (Å²) >= 11 is 6.15. The number of aryl methyl sites for hydroxylation is 1. The Balaban J connectivity index is 2.14. The minimum atomic E-state index is 0.460. The fourth-order valence-electron chi connectivity index (χ4n) is 2.62. The van der Waals surface area contributed by atoms with E-state index >= 15 is 0 Å². The zero-order valence-corrected chi connectivity index (χ0v) is 12.2. The van der Waals surface area contributed by atoms with Crippen molar-refractivity contribution in [1.29, 1.82) is 0 Å². The molecule has 1 aliphatic carbocycles. The molecule has 3 nitrogen and oxygen atoms in total. The highest BCUT2D eigenvalue weighted by Gasteiger charge is 2.22. The van der Waals surface area contributed by atoms with E-state index in [1.165, 1.54) is 25.7 Å². The maximum Gasteiger partial charge on any atom is 0.137 e. The van der Waals surface area contributed by atoms with Crippen LogP contribution in [-0.4, -0.2) is 16.0 Å². The number of nitrogens with zero attached hydrogens (tertiary/aromatic N) is 2. The Kier molecular flexibility index (Phi) is 4.44. The molecule has 0 aromatic carbocycles. The van der Waals surface area contributed by atoms with Crippen LogP contribution in [0.1, 0.15) is 50.9 Å². The molecular weight excluding hydrogens is 246 g/mol. The normalized spacial score (nSPS) is 18.0. The molecule has 0 saturated heterocycles. The van der Waals surface area contributed by atoms with Crippen molar-refractivity contribution in [2.75, 3.05) is 5.32 Å². The monoisotopic (exact) mass is 267 g/mol. The number of anilines is 1. The van der Waals surface area contributed by atoms with Crippen molar-refractivity contribution >= 4 is 17.4 Å². The van der Waals surface area contributed by atoms with Crippen molar-refractivity contribution in [3.05, 3.63) is 16.5 Å². The van der Waals surface area contributed by atoms with Gasteiger partial charge in [0.1, 0.15) is 16.8 Å². The number of hydrogen-bond donors (Lipinski definition) is 1. The summed E-state index contributed by atoms with van der Waals surface area (Å²) in [6.07, 6.45) is 6.19. The van der Waals surface area contributed by atoms with E-state index in [1.54, 1.807) is 0 Å². The predicted octanol–water partition coefficient (Wildman–Crippen LogP) is 3.99. The Hall–Kier alpha value is -0.830. The number of hydrogen-bond acceptors (Lipinski definition) is 3. The maximum atomic E-state index is 6.15. The first-order chi connectivity index (χ1) is 8.61. The van der Waals surface area contributed by atoms with Gasteiger partial charge in [0.25, 0.3) is 0 Å². The Morgan fingerprint density at radius 2 is 2.00 bits per heavy atom. The summed E-state index contributed by atoms with van der Waals surface area (Å²) in [4.78, 5) is 8.83. The third-order valence-corrected chi connectivity index (χ3v) is 4.29. The summed E-state index contributed by atoms with van der Waals surface area (Å²) in [6.45, 7) is 6.27. The predicted molar refractivity (Wildman–Crippen MR) is 76.2 cm³/mol. The smallest absolute Gasteiger partial charge is 0.137 e. The molecule has 0 aliphatic heterocycles. The van der Waals surface area contributed by atoms with Crippen molar-refractivity contribution < 1.29 is 0 Å². The average Bonchev–Trinajstić information content (AvgIpc) is 2.88. The molecule has 1 aromatic heterocycles. The number of aromatic nitrogens is 2. The van der Waals surface area contributed by atoms with Gasteiger partial charge in [-0.3, -0.25) is 0 Å². The largest absolute Gasteiger partial charge is 0.367 e. The van der Waals surface area contributed by atoms with Crippen LogP contribution in [0.4, 0.5) is 5.82 Å². The minimum absolute atomic E-state index is 0.460. The lowest BCUT2D eigenvalue weighted by Gasteiger charge is -2.22. The Bertz CT molecular complexity index is 414. The molecule has 1 atom stereocenters. The van der Waals surface area contributed by atoms with Crippen LogP contribution in [0.15, 0.2) is 0 Å². The van der Waals surface area contributed by atoms with Gasteiger partial charge in [0.2, 0.25) is 0 Å². The molecule has 100 valence electrons. The Labute approximate surface area is 114 Å². The van der Waals surface area contributed by atoms with Gasteiger partial charge in [-0.15, -0.1) is 0 Å². The van der Waals surface area contributed by atoms with Crippen molar-refractivity contribution in [3.63, 3.8) is 0 Å². The fraction of sp³-hybridized carbons (Fsp3) is 0.714. The van der Waals surface area contributed by atoms with E-state index in [9.17, 15) is 0 Å². The third kappa shape index (κ3) is 2.94. The van der Waals surface area contributed by atoms with Crippen LogP contribution >= 0.6 is 11.6 Å². The molecule has 0 amide bonds. The van der Waals surface area contributed by atoms with E-state index < -0.39 is 0 Å². The fourth-order valence-corrected chi connectivity index (χ4v) is 2.81. The van der Waals surface area contributed by atoms with Crippen molar-refractivity contribution in [2.45, 2.75) is 58.9 Å². The molecule has 4 heteroatoms. The molecule has 1 aromatic rings.